The lowest BCUT2D eigenvalue weighted by Crippen LogP contribution is -1.95. The van der Waals surface area contributed by atoms with Crippen LogP contribution in [0.2, 0.25) is 5.02 Å². The smallest absolute Gasteiger partial charge is 0.180 e. The van der Waals surface area contributed by atoms with Gasteiger partial charge in [0.2, 0.25) is 0 Å². The fourth-order valence-electron chi connectivity index (χ4n) is 2.33. The van der Waals surface area contributed by atoms with E-state index < -0.39 is 0 Å². The number of aromatic nitrogens is 1. The Balaban J connectivity index is 2.06. The molecule has 0 spiro atoms. The number of benzene rings is 1. The number of nitrogens with zero attached hydrogens (tertiary/aromatic N) is 1. The molecule has 0 bridgehead atoms. The van der Waals surface area contributed by atoms with Gasteiger partial charge in [0, 0.05) is 20.3 Å². The molecule has 0 saturated carbocycles. The first-order chi connectivity index (χ1) is 8.15. The number of fused-ring (bicyclic) bond motifs is 1. The Morgan fingerprint density at radius 2 is 2.29 bits per heavy atom. The van der Waals surface area contributed by atoms with Crippen LogP contribution in [0.15, 0.2) is 22.7 Å². The average Bonchev–Trinajstić information content (AvgIpc) is 2.78. The number of hydrogen-bond donors (Lipinski definition) is 1. The number of thiazole rings is 1. The fraction of sp³-hybridized carbons (Fsp3) is 0.250. The van der Waals surface area contributed by atoms with Gasteiger partial charge in [-0.25, -0.2) is 4.98 Å². The minimum atomic E-state index is 0.409. The number of aryl methyl sites for hydroxylation is 1. The number of anilines is 1. The highest BCUT2D eigenvalue weighted by Crippen LogP contribution is 2.44. The Labute approximate surface area is 117 Å². The van der Waals surface area contributed by atoms with E-state index in [-0.39, 0.29) is 0 Å². The van der Waals surface area contributed by atoms with Crippen LogP contribution in [0.3, 0.4) is 0 Å². The van der Waals surface area contributed by atoms with Gasteiger partial charge in [-0.15, -0.1) is 11.3 Å². The van der Waals surface area contributed by atoms with Crippen LogP contribution < -0.4 is 5.73 Å². The number of nitrogens with two attached hydrogens (primary N) is 1. The molecule has 0 fully saturated rings. The monoisotopic (exact) mass is 328 g/mol. The second-order valence-corrected chi connectivity index (χ2v) is 6.47. The molecule has 0 aliphatic heterocycles. The van der Waals surface area contributed by atoms with Crippen molar-refractivity contribution < 1.29 is 0 Å². The third-order valence-electron chi connectivity index (χ3n) is 3.07. The number of hydrogen-bond acceptors (Lipinski definition) is 3. The van der Waals surface area contributed by atoms with E-state index >= 15 is 0 Å². The SMILES string of the molecule is Nc1nc2c(s1)C(c1ccc(Cl)cc1Br)CC2. The first kappa shape index (κ1) is 11.5. The van der Waals surface area contributed by atoms with Crippen LogP contribution in [0, 0.1) is 0 Å². The van der Waals surface area contributed by atoms with E-state index in [0.29, 0.717) is 11.0 Å². The molecule has 1 aromatic heterocycles. The van der Waals surface area contributed by atoms with Gasteiger partial charge in [0.15, 0.2) is 5.13 Å². The van der Waals surface area contributed by atoms with Gasteiger partial charge in [-0.2, -0.15) is 0 Å². The molecule has 1 aliphatic rings. The highest BCUT2D eigenvalue weighted by Gasteiger charge is 2.29. The summed E-state index contributed by atoms with van der Waals surface area (Å²) < 4.78 is 1.06. The van der Waals surface area contributed by atoms with Crippen LogP contribution in [0.5, 0.6) is 0 Å². The third kappa shape index (κ3) is 1.98. The van der Waals surface area contributed by atoms with Crippen LogP contribution in [0.1, 0.15) is 28.5 Å². The van der Waals surface area contributed by atoms with E-state index in [0.717, 1.165) is 22.3 Å². The molecular formula is C12H10BrClN2S. The first-order valence-corrected chi connectivity index (χ1v) is 7.34. The summed E-state index contributed by atoms with van der Waals surface area (Å²) in [4.78, 5) is 5.68. The molecule has 2 aromatic rings. The number of halogens is 2. The van der Waals surface area contributed by atoms with Gasteiger partial charge in [0.25, 0.3) is 0 Å². The summed E-state index contributed by atoms with van der Waals surface area (Å²) in [6, 6.07) is 5.96. The highest BCUT2D eigenvalue weighted by atomic mass is 79.9. The van der Waals surface area contributed by atoms with Crippen molar-refractivity contribution in [1.82, 2.24) is 4.98 Å². The molecule has 0 saturated heterocycles. The normalized spacial score (nSPS) is 18.4. The van der Waals surface area contributed by atoms with Gasteiger partial charge < -0.3 is 5.73 Å². The molecular weight excluding hydrogens is 320 g/mol. The van der Waals surface area contributed by atoms with Crippen LogP contribution in [0.4, 0.5) is 5.13 Å². The lowest BCUT2D eigenvalue weighted by molar-refractivity contribution is 0.787. The molecule has 17 heavy (non-hydrogen) atoms. The Morgan fingerprint density at radius 1 is 1.47 bits per heavy atom. The zero-order valence-corrected chi connectivity index (χ0v) is 12.1. The van der Waals surface area contributed by atoms with E-state index in [1.165, 1.54) is 16.1 Å². The van der Waals surface area contributed by atoms with E-state index in [9.17, 15) is 0 Å². The second-order valence-electron chi connectivity index (χ2n) is 4.12. The van der Waals surface area contributed by atoms with Crippen LogP contribution >= 0.6 is 38.9 Å². The molecule has 0 radical (unpaired) electrons. The number of rotatable bonds is 1. The van der Waals surface area contributed by atoms with Gasteiger partial charge in [0.05, 0.1) is 5.69 Å². The molecule has 2 N–H and O–H groups in total. The predicted molar refractivity (Wildman–Crippen MR) is 75.8 cm³/mol. The van der Waals surface area contributed by atoms with Crippen LogP contribution in [-0.4, -0.2) is 4.98 Å². The van der Waals surface area contributed by atoms with E-state index in [4.69, 9.17) is 17.3 Å². The van der Waals surface area contributed by atoms with Gasteiger partial charge in [-0.05, 0) is 30.5 Å². The minimum absolute atomic E-state index is 0.409. The van der Waals surface area contributed by atoms with Crippen molar-refractivity contribution in [2.24, 2.45) is 0 Å². The molecule has 5 heteroatoms. The molecule has 1 heterocycles. The quantitative estimate of drug-likeness (QED) is 0.851. The molecule has 2 nitrogen and oxygen atoms in total. The molecule has 1 unspecified atom stereocenters. The molecule has 3 rings (SSSR count). The summed E-state index contributed by atoms with van der Waals surface area (Å²) in [7, 11) is 0. The zero-order chi connectivity index (χ0) is 12.0. The van der Waals surface area contributed by atoms with Gasteiger partial charge in [0.1, 0.15) is 0 Å². The molecule has 1 atom stereocenters. The fourth-order valence-corrected chi connectivity index (χ4v) is 4.32. The molecule has 0 amide bonds. The van der Waals surface area contributed by atoms with Gasteiger partial charge >= 0.3 is 0 Å². The topological polar surface area (TPSA) is 38.9 Å². The summed E-state index contributed by atoms with van der Waals surface area (Å²) in [5, 5.41) is 1.42. The summed E-state index contributed by atoms with van der Waals surface area (Å²) in [5.41, 5.74) is 8.21. The van der Waals surface area contributed by atoms with Crippen LogP contribution in [0.25, 0.3) is 0 Å². The summed E-state index contributed by atoms with van der Waals surface area (Å²) in [6.07, 6.45) is 2.12. The van der Waals surface area contributed by atoms with E-state index in [1.807, 2.05) is 12.1 Å². The van der Waals surface area contributed by atoms with Crippen molar-refractivity contribution >= 4 is 44.0 Å². The summed E-state index contributed by atoms with van der Waals surface area (Å²) >= 11 is 11.2. The maximum absolute atomic E-state index is 5.97. The van der Waals surface area contributed by atoms with Crippen molar-refractivity contribution in [1.29, 1.82) is 0 Å². The summed E-state index contributed by atoms with van der Waals surface area (Å²) in [5.74, 6) is 0.409. The Morgan fingerprint density at radius 3 is 3.06 bits per heavy atom. The first-order valence-electron chi connectivity index (χ1n) is 5.35. The lowest BCUT2D eigenvalue weighted by Gasteiger charge is -2.12. The zero-order valence-electron chi connectivity index (χ0n) is 8.91. The third-order valence-corrected chi connectivity index (χ3v) is 5.03. The highest BCUT2D eigenvalue weighted by molar-refractivity contribution is 9.10. The maximum atomic E-state index is 5.97. The van der Waals surface area contributed by atoms with E-state index in [1.54, 1.807) is 11.3 Å². The van der Waals surface area contributed by atoms with E-state index in [2.05, 4.69) is 27.0 Å². The maximum Gasteiger partial charge on any atom is 0.180 e. The van der Waals surface area contributed by atoms with Crippen molar-refractivity contribution in [3.63, 3.8) is 0 Å². The second kappa shape index (κ2) is 4.26. The van der Waals surface area contributed by atoms with Crippen LogP contribution in [-0.2, 0) is 6.42 Å². The Kier molecular flexibility index (Phi) is 2.89. The standard InChI is InChI=1S/C12H10BrClN2S/c13-9-5-6(14)1-2-7(9)8-3-4-10-11(8)17-12(15)16-10/h1-2,5,8H,3-4H2,(H2,15,16). The van der Waals surface area contributed by atoms with Crippen molar-refractivity contribution in [2.45, 2.75) is 18.8 Å². The predicted octanol–water partition coefficient (Wildman–Crippen LogP) is 4.22. The molecule has 88 valence electrons. The largest absolute Gasteiger partial charge is 0.375 e. The molecule has 1 aliphatic carbocycles. The lowest BCUT2D eigenvalue weighted by atomic mass is 9.98. The van der Waals surface area contributed by atoms with Gasteiger partial charge in [-0.3, -0.25) is 0 Å². The van der Waals surface area contributed by atoms with Crippen molar-refractivity contribution in [3.05, 3.63) is 43.8 Å². The van der Waals surface area contributed by atoms with Crippen molar-refractivity contribution in [3.8, 4) is 0 Å². The Bertz CT molecular complexity index is 582. The van der Waals surface area contributed by atoms with Gasteiger partial charge in [-0.1, -0.05) is 33.6 Å². The Hall–Kier alpha value is -0.580. The average molecular weight is 330 g/mol. The van der Waals surface area contributed by atoms with Crippen molar-refractivity contribution in [2.75, 3.05) is 5.73 Å². The molecule has 1 aromatic carbocycles. The number of nitrogen functional groups attached to an aromatic ring is 1. The summed E-state index contributed by atoms with van der Waals surface area (Å²) in [6.45, 7) is 0. The minimum Gasteiger partial charge on any atom is -0.375 e.